The summed E-state index contributed by atoms with van der Waals surface area (Å²) in [7, 11) is 0. The molecule has 3 aromatic rings. The van der Waals surface area contributed by atoms with Crippen LogP contribution in [-0.2, 0) is 11.4 Å². The normalized spacial score (nSPS) is 21.6. The van der Waals surface area contributed by atoms with Crippen molar-refractivity contribution in [2.75, 3.05) is 6.54 Å². The highest BCUT2D eigenvalue weighted by Crippen LogP contribution is 2.53. The van der Waals surface area contributed by atoms with Crippen LogP contribution in [0.5, 0.6) is 5.75 Å². The lowest BCUT2D eigenvalue weighted by Crippen LogP contribution is -2.51. The summed E-state index contributed by atoms with van der Waals surface area (Å²) in [4.78, 5) is 34.9. The highest BCUT2D eigenvalue weighted by atomic mass is 35.5. The molecule has 49 heavy (non-hydrogen) atoms. The summed E-state index contributed by atoms with van der Waals surface area (Å²) in [6.45, 7) is 4.89. The summed E-state index contributed by atoms with van der Waals surface area (Å²) < 4.78 is 6.02. The molecule has 2 amide bonds. The van der Waals surface area contributed by atoms with Gasteiger partial charge in [0, 0.05) is 11.1 Å². The molecule has 1 aliphatic heterocycles. The average Bonchev–Trinajstić information content (AvgIpc) is 3.90. The van der Waals surface area contributed by atoms with E-state index >= 15 is 0 Å². The lowest BCUT2D eigenvalue weighted by atomic mass is 9.76. The topological polar surface area (TPSA) is 147 Å². The van der Waals surface area contributed by atoms with Crippen molar-refractivity contribution in [2.45, 2.75) is 70.7 Å². The van der Waals surface area contributed by atoms with Gasteiger partial charge in [0.2, 0.25) is 0 Å². The summed E-state index contributed by atoms with van der Waals surface area (Å²) >= 11 is 13.5. The molecule has 0 bridgehead atoms. The lowest BCUT2D eigenvalue weighted by Gasteiger charge is -2.46. The first kappa shape index (κ1) is 34.7. The summed E-state index contributed by atoms with van der Waals surface area (Å²) in [5.74, 6) is 6.68. The van der Waals surface area contributed by atoms with Gasteiger partial charge in [-0.25, -0.2) is 11.4 Å². The second kappa shape index (κ2) is 14.8. The van der Waals surface area contributed by atoms with Gasteiger partial charge < -0.3 is 20.7 Å². The molecular weight excluding hydrogens is 661 g/mol. The van der Waals surface area contributed by atoms with Crippen LogP contribution in [0.25, 0.3) is 0 Å². The van der Waals surface area contributed by atoms with Crippen LogP contribution in [0.1, 0.15) is 85.5 Å². The van der Waals surface area contributed by atoms with Crippen molar-refractivity contribution in [1.29, 1.82) is 0 Å². The third kappa shape index (κ3) is 7.56. The fourth-order valence-corrected chi connectivity index (χ4v) is 7.74. The Labute approximate surface area is 297 Å². The average molecular weight is 705 g/mol. The van der Waals surface area contributed by atoms with Gasteiger partial charge >= 0.3 is 0 Å². The third-order valence-electron chi connectivity index (χ3n) is 9.96. The van der Waals surface area contributed by atoms with E-state index in [2.05, 4.69) is 29.8 Å². The van der Waals surface area contributed by atoms with Gasteiger partial charge in [0.1, 0.15) is 23.8 Å². The predicted octanol–water partition coefficient (Wildman–Crippen LogP) is 6.36. The minimum atomic E-state index is -0.684. The van der Waals surface area contributed by atoms with Gasteiger partial charge in [-0.2, -0.15) is 5.10 Å². The number of benzene rings is 3. The molecular formula is C37H43Cl2N7O3. The van der Waals surface area contributed by atoms with Crippen molar-refractivity contribution in [2.24, 2.45) is 39.4 Å². The zero-order valence-electron chi connectivity index (χ0n) is 27.8. The molecule has 1 unspecified atom stereocenters. The van der Waals surface area contributed by atoms with E-state index in [4.69, 9.17) is 44.5 Å². The van der Waals surface area contributed by atoms with Crippen LogP contribution in [0, 0.1) is 17.8 Å². The molecule has 1 atom stereocenters. The number of hydrazine groups is 1. The maximum Gasteiger partial charge on any atom is 0.275 e. The minimum absolute atomic E-state index is 0.0476. The van der Waals surface area contributed by atoms with E-state index in [1.165, 1.54) is 0 Å². The number of hydrogen-bond acceptors (Lipinski definition) is 7. The summed E-state index contributed by atoms with van der Waals surface area (Å²) in [6, 6.07) is 20.5. The second-order valence-electron chi connectivity index (χ2n) is 13.6. The van der Waals surface area contributed by atoms with Crippen molar-refractivity contribution in [3.63, 3.8) is 0 Å². The van der Waals surface area contributed by atoms with Crippen LogP contribution in [0.15, 0.2) is 76.8 Å². The molecule has 6 N–H and O–H groups in total. The smallest absolute Gasteiger partial charge is 0.275 e. The highest BCUT2D eigenvalue weighted by Gasteiger charge is 2.55. The number of carbonyl (C=O) groups excluding carboxylic acids is 2. The number of rotatable bonds is 12. The molecule has 10 nitrogen and oxygen atoms in total. The zero-order valence-corrected chi connectivity index (χ0v) is 29.3. The second-order valence-corrected chi connectivity index (χ2v) is 14.4. The van der Waals surface area contributed by atoms with E-state index in [0.29, 0.717) is 57.0 Å². The summed E-state index contributed by atoms with van der Waals surface area (Å²) in [6.07, 6.45) is 5.53. The number of nitrogens with two attached hydrogens (primary N) is 2. The molecule has 3 aliphatic rings. The maximum absolute atomic E-state index is 14.7. The van der Waals surface area contributed by atoms with Gasteiger partial charge in [-0.1, -0.05) is 79.5 Å². The van der Waals surface area contributed by atoms with Gasteiger partial charge in [0.15, 0.2) is 5.75 Å². The van der Waals surface area contributed by atoms with Crippen molar-refractivity contribution >= 4 is 46.6 Å². The Balaban J connectivity index is 1.30. The van der Waals surface area contributed by atoms with E-state index in [0.717, 1.165) is 49.7 Å². The Hall–Kier alpha value is -4.12. The number of nitrogens with one attached hydrogen (secondary N) is 2. The van der Waals surface area contributed by atoms with Crippen LogP contribution in [-0.4, -0.2) is 40.5 Å². The van der Waals surface area contributed by atoms with Crippen LogP contribution in [0.3, 0.4) is 0 Å². The Morgan fingerprint density at radius 3 is 2.27 bits per heavy atom. The Morgan fingerprint density at radius 1 is 1.02 bits per heavy atom. The van der Waals surface area contributed by atoms with E-state index in [9.17, 15) is 9.59 Å². The lowest BCUT2D eigenvalue weighted by molar-refractivity contribution is -0.134. The van der Waals surface area contributed by atoms with Gasteiger partial charge in [-0.15, -0.1) is 0 Å². The summed E-state index contributed by atoms with van der Waals surface area (Å²) in [5, 5.41) is 7.05. The number of aliphatic imine (C=N–C) groups is 1. The van der Waals surface area contributed by atoms with Crippen LogP contribution >= 0.6 is 23.2 Å². The van der Waals surface area contributed by atoms with Gasteiger partial charge in [0.05, 0.1) is 22.6 Å². The number of amides is 2. The maximum atomic E-state index is 14.7. The fourth-order valence-electron chi connectivity index (χ4n) is 7.14. The van der Waals surface area contributed by atoms with Gasteiger partial charge in [0.25, 0.3) is 11.8 Å². The van der Waals surface area contributed by atoms with E-state index in [1.807, 2.05) is 47.4 Å². The van der Waals surface area contributed by atoms with Crippen molar-refractivity contribution in [3.8, 4) is 5.75 Å². The largest absolute Gasteiger partial charge is 0.486 e. The quantitative estimate of drug-likeness (QED) is 0.0747. The molecule has 12 heteroatoms. The van der Waals surface area contributed by atoms with Crippen molar-refractivity contribution in [3.05, 3.63) is 99.0 Å². The number of nitrogens with zero attached hydrogens (tertiary/aromatic N) is 3. The molecule has 0 saturated heterocycles. The van der Waals surface area contributed by atoms with Crippen LogP contribution in [0.4, 0.5) is 0 Å². The molecule has 2 fully saturated rings. The number of ether oxygens (including phenoxy) is 1. The van der Waals surface area contributed by atoms with E-state index < -0.39 is 5.66 Å². The number of amidine groups is 1. The fraction of sp³-hybridized carbons (Fsp3) is 0.405. The Bertz CT molecular complexity index is 1710. The molecule has 3 aromatic carbocycles. The van der Waals surface area contributed by atoms with Crippen molar-refractivity contribution < 1.29 is 14.3 Å². The third-order valence-corrected chi connectivity index (χ3v) is 10.5. The predicted molar refractivity (Wildman–Crippen MR) is 193 cm³/mol. The van der Waals surface area contributed by atoms with E-state index in [1.54, 1.807) is 24.3 Å². The van der Waals surface area contributed by atoms with Crippen LogP contribution in [0.2, 0.25) is 10.0 Å². The molecule has 2 aliphatic carbocycles. The Morgan fingerprint density at radius 2 is 1.67 bits per heavy atom. The highest BCUT2D eigenvalue weighted by molar-refractivity contribution is 6.48. The Kier molecular flexibility index (Phi) is 10.5. The molecule has 258 valence electrons. The van der Waals surface area contributed by atoms with E-state index in [-0.39, 0.29) is 30.2 Å². The molecule has 2 saturated carbocycles. The van der Waals surface area contributed by atoms with Crippen LogP contribution < -0.4 is 27.2 Å². The first-order valence-electron chi connectivity index (χ1n) is 16.9. The summed E-state index contributed by atoms with van der Waals surface area (Å²) in [5.41, 5.74) is 10.5. The number of halogens is 2. The van der Waals surface area contributed by atoms with Gasteiger partial charge in [-0.05, 0) is 91.7 Å². The first-order valence-corrected chi connectivity index (χ1v) is 17.6. The molecule has 1 heterocycles. The number of carbonyl (C=O) groups is 2. The zero-order chi connectivity index (χ0) is 34.7. The van der Waals surface area contributed by atoms with Gasteiger partial charge in [-0.3, -0.25) is 14.6 Å². The van der Waals surface area contributed by atoms with Crippen molar-refractivity contribution in [1.82, 2.24) is 15.8 Å². The first-order chi connectivity index (χ1) is 23.6. The molecule has 0 radical (unpaired) electrons. The molecule has 0 aromatic heterocycles. The molecule has 1 spiro atoms. The number of hydrazone groups is 1. The molecule has 6 rings (SSSR count). The standard InChI is InChI=1S/C37H43Cl2N7O3/c1-22(2)24-14-16-37(17-15-24)43-32(28-18-29(38)34(30(39)19-28)49-21-23-6-4-3-5-7-23)36(48)46(37)33(25-8-9-25)26-10-12-27(13-11-26)35(47)42-20-31(40)44-45-41/h3-7,10-13,18-19,22,24-25,33,45H,8-9,14-17,20-21,41H2,1-2H3,(H2,40,44)(H,42,47). The monoisotopic (exact) mass is 703 g/mol. The SMILES string of the molecule is CC(C)C1CCC2(CC1)N=C(c1cc(Cl)c(OCc3ccccc3)c(Cl)c1)C(=O)N2C(c1ccc(C(=O)NCC(N)=NNN)cc1)C1CC1. The minimum Gasteiger partial charge on any atom is -0.486 e. The number of hydrogen-bond donors (Lipinski definition) is 4.